The summed E-state index contributed by atoms with van der Waals surface area (Å²) in [5, 5.41) is 1.36. The smallest absolute Gasteiger partial charge is 0.256 e. The Labute approximate surface area is 78.9 Å². The van der Waals surface area contributed by atoms with E-state index < -0.39 is 0 Å². The molecule has 0 aliphatic heterocycles. The lowest BCUT2D eigenvalue weighted by atomic mass is 10.3. The SMILES string of the molecule is CSc1nc2cc(Cl)ccc2o1. The van der Waals surface area contributed by atoms with Gasteiger partial charge in [-0.05, 0) is 24.5 Å². The van der Waals surface area contributed by atoms with Crippen LogP contribution < -0.4 is 0 Å². The van der Waals surface area contributed by atoms with Gasteiger partial charge < -0.3 is 4.42 Å². The summed E-state index contributed by atoms with van der Waals surface area (Å²) in [6.07, 6.45) is 1.92. The third-order valence-corrected chi connectivity index (χ3v) is 2.26. The standard InChI is InChI=1S/C8H6ClNOS/c1-12-8-10-6-4-5(9)2-3-7(6)11-8/h2-4H,1H3. The Balaban J connectivity index is 2.67. The molecule has 0 N–H and O–H groups in total. The second-order valence-electron chi connectivity index (χ2n) is 2.30. The highest BCUT2D eigenvalue weighted by atomic mass is 35.5. The molecule has 0 radical (unpaired) electrons. The van der Waals surface area contributed by atoms with Gasteiger partial charge in [-0.3, -0.25) is 0 Å². The van der Waals surface area contributed by atoms with E-state index in [1.165, 1.54) is 11.8 Å². The third-order valence-electron chi connectivity index (χ3n) is 1.50. The largest absolute Gasteiger partial charge is 0.431 e. The van der Waals surface area contributed by atoms with E-state index in [1.807, 2.05) is 12.3 Å². The minimum absolute atomic E-state index is 0.673. The molecular weight excluding hydrogens is 194 g/mol. The van der Waals surface area contributed by atoms with Crippen molar-refractivity contribution >= 4 is 34.5 Å². The number of hydrogen-bond acceptors (Lipinski definition) is 3. The van der Waals surface area contributed by atoms with Gasteiger partial charge in [-0.25, -0.2) is 4.98 Å². The fourth-order valence-electron chi connectivity index (χ4n) is 0.967. The van der Waals surface area contributed by atoms with E-state index in [0.717, 1.165) is 11.1 Å². The number of fused-ring (bicyclic) bond motifs is 1. The Kier molecular flexibility index (Phi) is 1.98. The normalized spacial score (nSPS) is 10.8. The van der Waals surface area contributed by atoms with Crippen molar-refractivity contribution in [3.8, 4) is 0 Å². The summed E-state index contributed by atoms with van der Waals surface area (Å²) in [6, 6.07) is 5.41. The molecule has 2 aromatic rings. The molecule has 0 bridgehead atoms. The average molecular weight is 200 g/mol. The lowest BCUT2D eigenvalue weighted by molar-refractivity contribution is 0.490. The average Bonchev–Trinajstić information content (AvgIpc) is 2.46. The maximum Gasteiger partial charge on any atom is 0.256 e. The number of benzene rings is 1. The molecule has 62 valence electrons. The van der Waals surface area contributed by atoms with Crippen LogP contribution in [0, 0.1) is 0 Å². The predicted molar refractivity (Wildman–Crippen MR) is 50.8 cm³/mol. The molecule has 0 aliphatic carbocycles. The Hall–Kier alpha value is -0.670. The molecule has 1 aromatic carbocycles. The van der Waals surface area contributed by atoms with Gasteiger partial charge in [-0.2, -0.15) is 0 Å². The minimum Gasteiger partial charge on any atom is -0.431 e. The summed E-state index contributed by atoms with van der Waals surface area (Å²) in [7, 11) is 0. The summed E-state index contributed by atoms with van der Waals surface area (Å²) >= 11 is 7.26. The van der Waals surface area contributed by atoms with E-state index in [4.69, 9.17) is 16.0 Å². The molecule has 1 heterocycles. The van der Waals surface area contributed by atoms with Gasteiger partial charge in [-0.15, -0.1) is 0 Å². The first-order valence-corrected chi connectivity index (χ1v) is 5.00. The number of nitrogens with zero attached hydrogens (tertiary/aromatic N) is 1. The van der Waals surface area contributed by atoms with Gasteiger partial charge in [0.15, 0.2) is 5.58 Å². The van der Waals surface area contributed by atoms with Crippen LogP contribution in [0.1, 0.15) is 0 Å². The summed E-state index contributed by atoms with van der Waals surface area (Å²) in [4.78, 5) is 4.20. The Morgan fingerprint density at radius 3 is 3.08 bits per heavy atom. The molecule has 0 unspecified atom stereocenters. The highest BCUT2D eigenvalue weighted by Gasteiger charge is 2.03. The van der Waals surface area contributed by atoms with Crippen molar-refractivity contribution in [2.45, 2.75) is 5.22 Å². The highest BCUT2D eigenvalue weighted by molar-refractivity contribution is 7.98. The molecule has 0 fully saturated rings. The number of halogens is 1. The van der Waals surface area contributed by atoms with Crippen molar-refractivity contribution in [2.75, 3.05) is 6.26 Å². The van der Waals surface area contributed by atoms with E-state index >= 15 is 0 Å². The first-order valence-electron chi connectivity index (χ1n) is 3.39. The number of hydrogen-bond donors (Lipinski definition) is 0. The van der Waals surface area contributed by atoms with Crippen LogP contribution in [0.2, 0.25) is 5.02 Å². The highest BCUT2D eigenvalue weighted by Crippen LogP contribution is 2.23. The topological polar surface area (TPSA) is 26.0 Å². The predicted octanol–water partition coefficient (Wildman–Crippen LogP) is 3.20. The van der Waals surface area contributed by atoms with E-state index in [0.29, 0.717) is 10.2 Å². The maximum absolute atomic E-state index is 5.78. The zero-order valence-electron chi connectivity index (χ0n) is 6.37. The van der Waals surface area contributed by atoms with E-state index in [1.54, 1.807) is 12.1 Å². The molecule has 4 heteroatoms. The van der Waals surface area contributed by atoms with Gasteiger partial charge in [0.25, 0.3) is 5.22 Å². The summed E-state index contributed by atoms with van der Waals surface area (Å²) in [5.41, 5.74) is 1.59. The van der Waals surface area contributed by atoms with Gasteiger partial charge in [0.1, 0.15) is 5.52 Å². The van der Waals surface area contributed by atoms with Crippen LogP contribution in [0.4, 0.5) is 0 Å². The lowest BCUT2D eigenvalue weighted by Gasteiger charge is -1.85. The minimum atomic E-state index is 0.673. The fourth-order valence-corrected chi connectivity index (χ4v) is 1.50. The number of thioether (sulfide) groups is 1. The molecule has 2 nitrogen and oxygen atoms in total. The summed E-state index contributed by atoms with van der Waals surface area (Å²) < 4.78 is 5.37. The maximum atomic E-state index is 5.78. The quantitative estimate of drug-likeness (QED) is 0.660. The van der Waals surface area contributed by atoms with E-state index in [9.17, 15) is 0 Å². The number of oxazole rings is 1. The molecule has 0 aliphatic rings. The third kappa shape index (κ3) is 1.30. The Morgan fingerprint density at radius 1 is 1.50 bits per heavy atom. The van der Waals surface area contributed by atoms with Crippen LogP contribution in [-0.4, -0.2) is 11.2 Å². The molecule has 0 atom stereocenters. The van der Waals surface area contributed by atoms with Crippen LogP contribution in [0.15, 0.2) is 27.8 Å². The first-order chi connectivity index (χ1) is 5.79. The van der Waals surface area contributed by atoms with Crippen molar-refractivity contribution in [2.24, 2.45) is 0 Å². The van der Waals surface area contributed by atoms with Crippen LogP contribution in [-0.2, 0) is 0 Å². The van der Waals surface area contributed by atoms with Crippen LogP contribution in [0.5, 0.6) is 0 Å². The molecule has 12 heavy (non-hydrogen) atoms. The van der Waals surface area contributed by atoms with Crippen LogP contribution >= 0.6 is 23.4 Å². The molecule has 0 saturated heterocycles. The molecule has 0 saturated carbocycles. The van der Waals surface area contributed by atoms with Crippen molar-refractivity contribution in [3.63, 3.8) is 0 Å². The van der Waals surface area contributed by atoms with Gasteiger partial charge in [0.05, 0.1) is 0 Å². The molecule has 1 aromatic heterocycles. The van der Waals surface area contributed by atoms with Crippen molar-refractivity contribution in [1.82, 2.24) is 4.98 Å². The van der Waals surface area contributed by atoms with Gasteiger partial charge in [0, 0.05) is 5.02 Å². The zero-order chi connectivity index (χ0) is 8.55. The second kappa shape index (κ2) is 2.99. The molecular formula is C8H6ClNOS. The van der Waals surface area contributed by atoms with E-state index in [2.05, 4.69) is 4.98 Å². The fraction of sp³-hybridized carbons (Fsp3) is 0.125. The molecule has 0 amide bonds. The molecule has 0 spiro atoms. The van der Waals surface area contributed by atoms with Crippen molar-refractivity contribution in [1.29, 1.82) is 0 Å². The van der Waals surface area contributed by atoms with Crippen molar-refractivity contribution in [3.05, 3.63) is 23.2 Å². The second-order valence-corrected chi connectivity index (χ2v) is 3.49. The van der Waals surface area contributed by atoms with Gasteiger partial charge in [0.2, 0.25) is 0 Å². The lowest BCUT2D eigenvalue weighted by Crippen LogP contribution is -1.67. The van der Waals surface area contributed by atoms with Crippen molar-refractivity contribution < 1.29 is 4.42 Å². The summed E-state index contributed by atoms with van der Waals surface area (Å²) in [6.45, 7) is 0. The van der Waals surface area contributed by atoms with Crippen LogP contribution in [0.3, 0.4) is 0 Å². The van der Waals surface area contributed by atoms with E-state index in [-0.39, 0.29) is 0 Å². The number of rotatable bonds is 1. The zero-order valence-corrected chi connectivity index (χ0v) is 7.95. The summed E-state index contributed by atoms with van der Waals surface area (Å²) in [5.74, 6) is 0. The Bertz CT molecular complexity index is 412. The molecule has 2 rings (SSSR count). The monoisotopic (exact) mass is 199 g/mol. The first kappa shape index (κ1) is 7.95. The van der Waals surface area contributed by atoms with Crippen LogP contribution in [0.25, 0.3) is 11.1 Å². The van der Waals surface area contributed by atoms with Gasteiger partial charge in [-0.1, -0.05) is 23.4 Å². The number of aromatic nitrogens is 1. The van der Waals surface area contributed by atoms with Gasteiger partial charge >= 0.3 is 0 Å². The Morgan fingerprint density at radius 2 is 2.33 bits per heavy atom.